The third-order valence-electron chi connectivity index (χ3n) is 4.76. The lowest BCUT2D eigenvalue weighted by molar-refractivity contribution is 0.0697. The highest BCUT2D eigenvalue weighted by atomic mass is 35.5. The molecular weight excluding hydrogens is 386 g/mol. The van der Waals surface area contributed by atoms with Crippen LogP contribution in [0.5, 0.6) is 0 Å². The lowest BCUT2D eigenvalue weighted by Gasteiger charge is -2.22. The summed E-state index contributed by atoms with van der Waals surface area (Å²) >= 11 is 5.99. The smallest absolute Gasteiger partial charge is 0.335 e. The first kappa shape index (κ1) is 21.1. The van der Waals surface area contributed by atoms with Crippen molar-refractivity contribution in [2.24, 2.45) is 0 Å². The van der Waals surface area contributed by atoms with E-state index in [0.717, 1.165) is 35.8 Å². The van der Waals surface area contributed by atoms with E-state index in [1.165, 1.54) is 11.1 Å². The number of hydrogen-bond donors (Lipinski definition) is 1. The Morgan fingerprint density at radius 1 is 0.862 bits per heavy atom. The van der Waals surface area contributed by atoms with Crippen LogP contribution in [0.3, 0.4) is 0 Å². The van der Waals surface area contributed by atoms with Crippen LogP contribution in [0.4, 0.5) is 0 Å². The van der Waals surface area contributed by atoms with Crippen molar-refractivity contribution in [2.75, 3.05) is 20.3 Å². The Morgan fingerprint density at radius 2 is 1.34 bits per heavy atom. The lowest BCUT2D eigenvalue weighted by atomic mass is 10.0. The number of carboxylic acids is 1. The van der Waals surface area contributed by atoms with Crippen molar-refractivity contribution in [1.29, 1.82) is 0 Å². The molecule has 0 atom stereocenters. The summed E-state index contributed by atoms with van der Waals surface area (Å²) in [4.78, 5) is 13.3. The van der Waals surface area contributed by atoms with Gasteiger partial charge in [0.25, 0.3) is 0 Å². The van der Waals surface area contributed by atoms with Crippen LogP contribution >= 0.6 is 11.6 Å². The molecule has 0 heterocycles. The van der Waals surface area contributed by atoms with E-state index in [4.69, 9.17) is 21.4 Å². The summed E-state index contributed by atoms with van der Waals surface area (Å²) in [6, 6.07) is 23.2. The summed E-state index contributed by atoms with van der Waals surface area (Å²) in [5.74, 6) is -0.913. The summed E-state index contributed by atoms with van der Waals surface area (Å²) in [5, 5.41) is 9.77. The Bertz CT molecular complexity index is 922. The number of carboxylic acid groups (broad SMARTS) is 1. The van der Waals surface area contributed by atoms with Gasteiger partial charge in [0.1, 0.15) is 0 Å². The van der Waals surface area contributed by atoms with Crippen LogP contribution < -0.4 is 0 Å². The molecule has 29 heavy (non-hydrogen) atoms. The molecule has 150 valence electrons. The molecule has 0 saturated carbocycles. The van der Waals surface area contributed by atoms with Crippen LogP contribution in [0.1, 0.15) is 21.5 Å². The number of ether oxygens (including phenoxy) is 1. The van der Waals surface area contributed by atoms with E-state index in [1.54, 1.807) is 19.2 Å². The lowest BCUT2D eigenvalue weighted by Crippen LogP contribution is -2.26. The molecule has 0 fully saturated rings. The topological polar surface area (TPSA) is 49.8 Å². The highest BCUT2D eigenvalue weighted by Crippen LogP contribution is 2.21. The first-order chi connectivity index (χ1) is 14.0. The summed E-state index contributed by atoms with van der Waals surface area (Å²) in [7, 11) is 1.71. The van der Waals surface area contributed by atoms with Gasteiger partial charge >= 0.3 is 5.97 Å². The van der Waals surface area contributed by atoms with E-state index in [0.29, 0.717) is 12.2 Å². The molecule has 4 nitrogen and oxygen atoms in total. The fourth-order valence-electron chi connectivity index (χ4n) is 3.15. The zero-order valence-corrected chi connectivity index (χ0v) is 17.1. The molecule has 3 aromatic rings. The largest absolute Gasteiger partial charge is 0.478 e. The van der Waals surface area contributed by atoms with Crippen LogP contribution in [0.15, 0.2) is 72.8 Å². The van der Waals surface area contributed by atoms with Gasteiger partial charge in [0.05, 0.1) is 12.2 Å². The predicted octanol–water partition coefficient (Wildman–Crippen LogP) is 5.35. The number of methoxy groups -OCH3 is 1. The summed E-state index contributed by atoms with van der Waals surface area (Å²) in [6.45, 7) is 3.13. The Hall–Kier alpha value is -2.66. The molecular formula is C24H24ClNO3. The van der Waals surface area contributed by atoms with Crippen LogP contribution in [-0.2, 0) is 17.8 Å². The van der Waals surface area contributed by atoms with Gasteiger partial charge in [-0.1, -0.05) is 60.1 Å². The third-order valence-corrected chi connectivity index (χ3v) is 5.01. The zero-order chi connectivity index (χ0) is 20.6. The Balaban J connectivity index is 1.69. The average Bonchev–Trinajstić information content (AvgIpc) is 2.74. The number of benzene rings is 3. The van der Waals surface area contributed by atoms with Gasteiger partial charge in [-0.05, 0) is 46.5 Å². The number of aromatic carboxylic acids is 1. The Labute approximate surface area is 176 Å². The molecule has 0 aliphatic heterocycles. The molecule has 0 spiro atoms. The highest BCUT2D eigenvalue weighted by Gasteiger charge is 2.08. The normalized spacial score (nSPS) is 11.0. The number of carbonyl (C=O) groups is 1. The first-order valence-corrected chi connectivity index (χ1v) is 9.81. The van der Waals surface area contributed by atoms with Crippen molar-refractivity contribution in [3.63, 3.8) is 0 Å². The molecule has 3 rings (SSSR count). The van der Waals surface area contributed by atoms with Crippen molar-refractivity contribution in [3.05, 3.63) is 94.5 Å². The van der Waals surface area contributed by atoms with E-state index in [2.05, 4.69) is 29.2 Å². The second kappa shape index (κ2) is 10.2. The molecule has 0 aromatic heterocycles. The fraction of sp³-hybridized carbons (Fsp3) is 0.208. The number of hydrogen-bond acceptors (Lipinski definition) is 3. The van der Waals surface area contributed by atoms with Gasteiger partial charge in [-0.3, -0.25) is 4.90 Å². The van der Waals surface area contributed by atoms with Crippen molar-refractivity contribution in [3.8, 4) is 11.1 Å². The molecule has 0 saturated heterocycles. The van der Waals surface area contributed by atoms with Crippen LogP contribution in [0.25, 0.3) is 11.1 Å². The second-order valence-corrected chi connectivity index (χ2v) is 7.35. The van der Waals surface area contributed by atoms with Crippen LogP contribution in [0.2, 0.25) is 5.02 Å². The summed E-state index contributed by atoms with van der Waals surface area (Å²) < 4.78 is 5.27. The van der Waals surface area contributed by atoms with Gasteiger partial charge in [0, 0.05) is 31.8 Å². The van der Waals surface area contributed by atoms with Gasteiger partial charge in [-0.15, -0.1) is 0 Å². The fourth-order valence-corrected chi connectivity index (χ4v) is 3.27. The van der Waals surface area contributed by atoms with E-state index in [9.17, 15) is 4.79 Å². The van der Waals surface area contributed by atoms with E-state index < -0.39 is 5.97 Å². The molecule has 0 unspecified atom stereocenters. The van der Waals surface area contributed by atoms with Crippen molar-refractivity contribution >= 4 is 17.6 Å². The third kappa shape index (κ3) is 6.16. The SMILES string of the molecule is COCCN(Cc1ccc(Cl)cc1)Cc1ccc(-c2ccc(C(=O)O)cc2)cc1. The molecule has 0 aliphatic carbocycles. The first-order valence-electron chi connectivity index (χ1n) is 9.43. The van der Waals surface area contributed by atoms with Gasteiger partial charge in [-0.25, -0.2) is 4.79 Å². The van der Waals surface area contributed by atoms with Gasteiger partial charge < -0.3 is 9.84 Å². The van der Waals surface area contributed by atoms with E-state index in [1.807, 2.05) is 36.4 Å². The molecule has 3 aromatic carbocycles. The average molecular weight is 410 g/mol. The van der Waals surface area contributed by atoms with Crippen molar-refractivity contribution < 1.29 is 14.6 Å². The minimum absolute atomic E-state index is 0.293. The minimum Gasteiger partial charge on any atom is -0.478 e. The maximum absolute atomic E-state index is 11.0. The highest BCUT2D eigenvalue weighted by molar-refractivity contribution is 6.30. The van der Waals surface area contributed by atoms with Gasteiger partial charge in [-0.2, -0.15) is 0 Å². The Morgan fingerprint density at radius 3 is 1.83 bits per heavy atom. The monoisotopic (exact) mass is 409 g/mol. The molecule has 5 heteroatoms. The van der Waals surface area contributed by atoms with Crippen molar-refractivity contribution in [2.45, 2.75) is 13.1 Å². The maximum atomic E-state index is 11.0. The maximum Gasteiger partial charge on any atom is 0.335 e. The van der Waals surface area contributed by atoms with Gasteiger partial charge in [0.15, 0.2) is 0 Å². The minimum atomic E-state index is -0.913. The van der Waals surface area contributed by atoms with Crippen LogP contribution in [0, 0.1) is 0 Å². The van der Waals surface area contributed by atoms with E-state index in [-0.39, 0.29) is 0 Å². The standard InChI is InChI=1S/C24H24ClNO3/c1-29-15-14-26(17-19-4-12-23(25)13-5-19)16-18-2-6-20(7-3-18)21-8-10-22(11-9-21)24(27)28/h2-13H,14-17H2,1H3,(H,27,28). The Kier molecular flexibility index (Phi) is 7.42. The summed E-state index contributed by atoms with van der Waals surface area (Å²) in [5.41, 5.74) is 4.77. The number of nitrogens with zero attached hydrogens (tertiary/aromatic N) is 1. The molecule has 0 amide bonds. The number of rotatable bonds is 9. The van der Waals surface area contributed by atoms with E-state index >= 15 is 0 Å². The number of halogens is 1. The molecule has 0 bridgehead atoms. The molecule has 0 aliphatic rings. The quantitative estimate of drug-likeness (QED) is 0.517. The second-order valence-electron chi connectivity index (χ2n) is 6.91. The zero-order valence-electron chi connectivity index (χ0n) is 16.3. The summed E-state index contributed by atoms with van der Waals surface area (Å²) in [6.07, 6.45) is 0. The molecule has 0 radical (unpaired) electrons. The predicted molar refractivity (Wildman–Crippen MR) is 116 cm³/mol. The van der Waals surface area contributed by atoms with Gasteiger partial charge in [0.2, 0.25) is 0 Å². The molecule has 1 N–H and O–H groups in total. The van der Waals surface area contributed by atoms with Crippen molar-refractivity contribution in [1.82, 2.24) is 4.90 Å². The van der Waals surface area contributed by atoms with Crippen LogP contribution in [-0.4, -0.2) is 36.2 Å².